The van der Waals surface area contributed by atoms with Crippen molar-refractivity contribution in [3.63, 3.8) is 0 Å². The van der Waals surface area contributed by atoms with E-state index in [0.717, 1.165) is 25.9 Å². The van der Waals surface area contributed by atoms with Crippen LogP contribution in [0, 0.1) is 0 Å². The minimum atomic E-state index is 0.200. The summed E-state index contributed by atoms with van der Waals surface area (Å²) in [6.07, 6.45) is 11.3. The number of likely N-dealkylation sites (tertiary alicyclic amines) is 2. The molecule has 5 heteroatoms. The summed E-state index contributed by atoms with van der Waals surface area (Å²) in [5.74, 6) is 0.200. The Labute approximate surface area is 138 Å². The van der Waals surface area contributed by atoms with Crippen molar-refractivity contribution in [1.82, 2.24) is 9.80 Å². The van der Waals surface area contributed by atoms with Crippen molar-refractivity contribution in [2.45, 2.75) is 62.3 Å². The van der Waals surface area contributed by atoms with Gasteiger partial charge in [0, 0.05) is 24.4 Å². The molecule has 2 saturated heterocycles. The molecule has 0 aromatic rings. The monoisotopic (exact) mass is 326 g/mol. The van der Waals surface area contributed by atoms with Gasteiger partial charge in [-0.2, -0.15) is 11.8 Å². The summed E-state index contributed by atoms with van der Waals surface area (Å²) < 4.78 is 5.88. The maximum absolute atomic E-state index is 12.5. The highest BCUT2D eigenvalue weighted by Gasteiger charge is 2.39. The Kier molecular flexibility index (Phi) is 6.05. The first kappa shape index (κ1) is 16.6. The highest BCUT2D eigenvalue weighted by molar-refractivity contribution is 7.99. The highest BCUT2D eigenvalue weighted by atomic mass is 32.2. The molecule has 1 aliphatic carbocycles. The van der Waals surface area contributed by atoms with Crippen LogP contribution in [0.2, 0.25) is 0 Å². The minimum Gasteiger partial charge on any atom is -0.368 e. The molecule has 1 amide bonds. The number of hydrogen-bond acceptors (Lipinski definition) is 4. The zero-order chi connectivity index (χ0) is 15.4. The molecule has 2 heterocycles. The summed E-state index contributed by atoms with van der Waals surface area (Å²) in [7, 11) is 0. The second-order valence-electron chi connectivity index (χ2n) is 6.95. The van der Waals surface area contributed by atoms with Gasteiger partial charge < -0.3 is 9.64 Å². The summed E-state index contributed by atoms with van der Waals surface area (Å²) in [6, 6.07) is 0.552. The standard InChI is InChI=1S/C17H30N2O2S/c1-22-16-12-19(11-15(16)18-9-5-6-10-18)17(20)13-21-14-7-3-2-4-8-14/h14-16H,2-13H2,1H3/t15-,16-/m0/s1. The Morgan fingerprint density at radius 3 is 2.50 bits per heavy atom. The SMILES string of the molecule is CS[C@H]1CN(C(=O)COC2CCCCC2)C[C@@H]1N1CCCC1. The Bertz CT molecular complexity index is 368. The quantitative estimate of drug-likeness (QED) is 0.776. The van der Waals surface area contributed by atoms with Gasteiger partial charge in [-0.3, -0.25) is 9.69 Å². The van der Waals surface area contributed by atoms with Gasteiger partial charge in [0.2, 0.25) is 5.91 Å². The second-order valence-corrected chi connectivity index (χ2v) is 8.03. The predicted octanol–water partition coefficient (Wildman–Crippen LogP) is 2.37. The minimum absolute atomic E-state index is 0.200. The van der Waals surface area contributed by atoms with Crippen LogP contribution >= 0.6 is 11.8 Å². The number of nitrogens with zero attached hydrogens (tertiary/aromatic N) is 2. The van der Waals surface area contributed by atoms with Crippen LogP contribution in [-0.2, 0) is 9.53 Å². The smallest absolute Gasteiger partial charge is 0.248 e. The van der Waals surface area contributed by atoms with Crippen molar-refractivity contribution < 1.29 is 9.53 Å². The largest absolute Gasteiger partial charge is 0.368 e. The molecule has 0 aromatic carbocycles. The molecule has 3 aliphatic rings. The number of carbonyl (C=O) groups is 1. The van der Waals surface area contributed by atoms with E-state index in [2.05, 4.69) is 11.2 Å². The molecule has 0 unspecified atom stereocenters. The van der Waals surface area contributed by atoms with Crippen molar-refractivity contribution in [3.8, 4) is 0 Å². The fourth-order valence-electron chi connectivity index (χ4n) is 4.13. The first-order valence-electron chi connectivity index (χ1n) is 8.94. The number of ether oxygens (including phenoxy) is 1. The maximum atomic E-state index is 12.5. The Balaban J connectivity index is 1.47. The summed E-state index contributed by atoms with van der Waals surface area (Å²) in [5.41, 5.74) is 0. The van der Waals surface area contributed by atoms with Crippen LogP contribution < -0.4 is 0 Å². The van der Waals surface area contributed by atoms with E-state index in [1.54, 1.807) is 0 Å². The van der Waals surface area contributed by atoms with Crippen LogP contribution in [0.15, 0.2) is 0 Å². The number of hydrogen-bond donors (Lipinski definition) is 0. The van der Waals surface area contributed by atoms with E-state index < -0.39 is 0 Å². The molecular formula is C17H30N2O2S. The van der Waals surface area contributed by atoms with Crippen LogP contribution in [0.25, 0.3) is 0 Å². The van der Waals surface area contributed by atoms with E-state index in [0.29, 0.717) is 24.0 Å². The lowest BCUT2D eigenvalue weighted by molar-refractivity contribution is -0.137. The Hall–Kier alpha value is -0.260. The number of rotatable bonds is 5. The third-order valence-electron chi connectivity index (χ3n) is 5.50. The van der Waals surface area contributed by atoms with Crippen molar-refractivity contribution in [2.75, 3.05) is 39.0 Å². The molecule has 0 radical (unpaired) electrons. The lowest BCUT2D eigenvalue weighted by Gasteiger charge is -2.27. The van der Waals surface area contributed by atoms with E-state index in [4.69, 9.17) is 4.74 Å². The van der Waals surface area contributed by atoms with E-state index >= 15 is 0 Å². The molecule has 2 aliphatic heterocycles. The summed E-state index contributed by atoms with van der Waals surface area (Å²) >= 11 is 1.92. The van der Waals surface area contributed by atoms with Crippen LogP contribution in [0.3, 0.4) is 0 Å². The Morgan fingerprint density at radius 2 is 1.82 bits per heavy atom. The van der Waals surface area contributed by atoms with E-state index in [9.17, 15) is 4.79 Å². The normalized spacial score (nSPS) is 31.0. The van der Waals surface area contributed by atoms with Gasteiger partial charge in [-0.05, 0) is 45.0 Å². The predicted molar refractivity (Wildman–Crippen MR) is 91.3 cm³/mol. The zero-order valence-corrected chi connectivity index (χ0v) is 14.7. The molecule has 22 heavy (non-hydrogen) atoms. The van der Waals surface area contributed by atoms with E-state index in [1.807, 2.05) is 16.7 Å². The first-order valence-corrected chi connectivity index (χ1v) is 10.2. The molecule has 0 aromatic heterocycles. The third-order valence-corrected chi connectivity index (χ3v) is 6.57. The lowest BCUT2D eigenvalue weighted by atomic mass is 9.98. The average molecular weight is 327 g/mol. The van der Waals surface area contributed by atoms with Crippen LogP contribution in [-0.4, -0.2) is 72.1 Å². The Morgan fingerprint density at radius 1 is 1.09 bits per heavy atom. The number of amides is 1. The molecular weight excluding hydrogens is 296 g/mol. The molecule has 0 N–H and O–H groups in total. The fraction of sp³-hybridized carbons (Fsp3) is 0.941. The lowest BCUT2D eigenvalue weighted by Crippen LogP contribution is -2.41. The molecule has 0 bridgehead atoms. The van der Waals surface area contributed by atoms with Gasteiger partial charge in [0.15, 0.2) is 0 Å². The van der Waals surface area contributed by atoms with Crippen LogP contribution in [0.1, 0.15) is 44.9 Å². The van der Waals surface area contributed by atoms with Crippen LogP contribution in [0.4, 0.5) is 0 Å². The zero-order valence-electron chi connectivity index (χ0n) is 13.8. The molecule has 0 spiro atoms. The second kappa shape index (κ2) is 8.02. The van der Waals surface area contributed by atoms with Gasteiger partial charge in [-0.15, -0.1) is 0 Å². The third kappa shape index (κ3) is 3.98. The number of thioether (sulfide) groups is 1. The van der Waals surface area contributed by atoms with Crippen molar-refractivity contribution in [1.29, 1.82) is 0 Å². The summed E-state index contributed by atoms with van der Waals surface area (Å²) in [4.78, 5) is 17.1. The molecule has 4 nitrogen and oxygen atoms in total. The fourth-order valence-corrected chi connectivity index (χ4v) is 5.03. The molecule has 1 saturated carbocycles. The van der Waals surface area contributed by atoms with Crippen molar-refractivity contribution >= 4 is 17.7 Å². The van der Waals surface area contributed by atoms with Crippen LogP contribution in [0.5, 0.6) is 0 Å². The number of carbonyl (C=O) groups excluding carboxylic acids is 1. The maximum Gasteiger partial charge on any atom is 0.248 e. The van der Waals surface area contributed by atoms with Gasteiger partial charge in [-0.1, -0.05) is 19.3 Å². The summed E-state index contributed by atoms with van der Waals surface area (Å²) in [6.45, 7) is 4.51. The van der Waals surface area contributed by atoms with Gasteiger partial charge in [0.05, 0.1) is 6.10 Å². The van der Waals surface area contributed by atoms with Gasteiger partial charge >= 0.3 is 0 Å². The van der Waals surface area contributed by atoms with Gasteiger partial charge in [0.1, 0.15) is 6.61 Å². The molecule has 3 fully saturated rings. The van der Waals surface area contributed by atoms with Gasteiger partial charge in [-0.25, -0.2) is 0 Å². The molecule has 126 valence electrons. The van der Waals surface area contributed by atoms with Gasteiger partial charge in [0.25, 0.3) is 0 Å². The topological polar surface area (TPSA) is 32.8 Å². The first-order chi connectivity index (χ1) is 10.8. The van der Waals surface area contributed by atoms with Crippen molar-refractivity contribution in [3.05, 3.63) is 0 Å². The van der Waals surface area contributed by atoms with Crippen molar-refractivity contribution in [2.24, 2.45) is 0 Å². The summed E-state index contributed by atoms with van der Waals surface area (Å²) in [5, 5.41) is 0.566. The highest BCUT2D eigenvalue weighted by Crippen LogP contribution is 2.28. The van der Waals surface area contributed by atoms with E-state index in [1.165, 1.54) is 45.2 Å². The molecule has 2 atom stereocenters. The van der Waals surface area contributed by atoms with E-state index in [-0.39, 0.29) is 5.91 Å². The molecule has 3 rings (SSSR count). The average Bonchev–Trinajstić information content (AvgIpc) is 3.22.